The van der Waals surface area contributed by atoms with E-state index in [9.17, 15) is 0 Å². The number of piperidine rings is 1. The van der Waals surface area contributed by atoms with Gasteiger partial charge in [0.05, 0.1) is 6.54 Å². The standard InChI is InChI=1S/C16H34N4.HI/c1-4-5-6-8-11-18-15(17)19-14-16(2,3)20-12-9-7-10-13-20;/h4-14H2,1-3H3,(H3,17,18,19);1H. The molecule has 0 atom stereocenters. The van der Waals surface area contributed by atoms with Crippen molar-refractivity contribution in [3.8, 4) is 0 Å². The molecule has 1 fully saturated rings. The van der Waals surface area contributed by atoms with Gasteiger partial charge in [-0.15, -0.1) is 24.0 Å². The molecule has 0 saturated carbocycles. The van der Waals surface area contributed by atoms with E-state index in [4.69, 9.17) is 5.73 Å². The molecule has 0 aliphatic carbocycles. The third kappa shape index (κ3) is 8.86. The normalized spacial score (nSPS) is 17.4. The van der Waals surface area contributed by atoms with Crippen LogP contribution in [0.5, 0.6) is 0 Å². The first kappa shape index (κ1) is 21.0. The van der Waals surface area contributed by atoms with Gasteiger partial charge in [-0.2, -0.15) is 0 Å². The zero-order chi connectivity index (χ0) is 14.8. The minimum absolute atomic E-state index is 0. The molecular weight excluding hydrogens is 375 g/mol. The Morgan fingerprint density at radius 3 is 2.43 bits per heavy atom. The number of hydrogen-bond donors (Lipinski definition) is 2. The van der Waals surface area contributed by atoms with Crippen LogP contribution in [0.25, 0.3) is 0 Å². The Kier molecular flexibility index (Phi) is 11.5. The molecule has 0 amide bonds. The van der Waals surface area contributed by atoms with Crippen LogP contribution in [0.1, 0.15) is 65.7 Å². The first-order valence-corrected chi connectivity index (χ1v) is 8.35. The summed E-state index contributed by atoms with van der Waals surface area (Å²) in [5, 5.41) is 3.23. The minimum atomic E-state index is 0. The SMILES string of the molecule is CCCCCCNC(N)=NCC(C)(C)N1CCCCC1.I. The Hall–Kier alpha value is -0.0400. The van der Waals surface area contributed by atoms with E-state index in [0.29, 0.717) is 5.96 Å². The molecule has 0 aromatic rings. The summed E-state index contributed by atoms with van der Waals surface area (Å²) in [6, 6.07) is 0. The Bertz CT molecular complexity index is 286. The summed E-state index contributed by atoms with van der Waals surface area (Å²) in [4.78, 5) is 7.08. The highest BCUT2D eigenvalue weighted by atomic mass is 127. The Morgan fingerprint density at radius 2 is 1.81 bits per heavy atom. The van der Waals surface area contributed by atoms with Gasteiger partial charge in [0.15, 0.2) is 5.96 Å². The summed E-state index contributed by atoms with van der Waals surface area (Å²) in [6.45, 7) is 10.9. The first-order chi connectivity index (χ1) is 9.56. The van der Waals surface area contributed by atoms with Crippen LogP contribution in [0.3, 0.4) is 0 Å². The second-order valence-corrected chi connectivity index (χ2v) is 6.55. The molecule has 1 saturated heterocycles. The van der Waals surface area contributed by atoms with Crippen molar-refractivity contribution in [2.45, 2.75) is 71.3 Å². The van der Waals surface area contributed by atoms with E-state index in [0.717, 1.165) is 13.1 Å². The van der Waals surface area contributed by atoms with E-state index < -0.39 is 0 Å². The van der Waals surface area contributed by atoms with Gasteiger partial charge in [-0.1, -0.05) is 32.6 Å². The lowest BCUT2D eigenvalue weighted by Crippen LogP contribution is -2.49. The molecule has 1 aliphatic heterocycles. The van der Waals surface area contributed by atoms with Crippen LogP contribution in [0, 0.1) is 0 Å². The fourth-order valence-corrected chi connectivity index (χ4v) is 2.70. The van der Waals surface area contributed by atoms with Crippen LogP contribution >= 0.6 is 24.0 Å². The average Bonchev–Trinajstić information content (AvgIpc) is 2.46. The minimum Gasteiger partial charge on any atom is -0.370 e. The van der Waals surface area contributed by atoms with Crippen molar-refractivity contribution < 1.29 is 0 Å². The monoisotopic (exact) mass is 410 g/mol. The number of halogens is 1. The van der Waals surface area contributed by atoms with Crippen LogP contribution in [-0.4, -0.2) is 42.6 Å². The summed E-state index contributed by atoms with van der Waals surface area (Å²) in [6.07, 6.45) is 9.04. The van der Waals surface area contributed by atoms with E-state index in [1.54, 1.807) is 0 Å². The lowest BCUT2D eigenvalue weighted by Gasteiger charge is -2.40. The first-order valence-electron chi connectivity index (χ1n) is 8.35. The smallest absolute Gasteiger partial charge is 0.188 e. The zero-order valence-electron chi connectivity index (χ0n) is 14.2. The van der Waals surface area contributed by atoms with Crippen molar-refractivity contribution in [3.05, 3.63) is 0 Å². The number of nitrogens with two attached hydrogens (primary N) is 1. The van der Waals surface area contributed by atoms with Gasteiger partial charge in [0.2, 0.25) is 0 Å². The highest BCUT2D eigenvalue weighted by molar-refractivity contribution is 14.0. The average molecular weight is 410 g/mol. The molecule has 0 radical (unpaired) electrons. The van der Waals surface area contributed by atoms with Gasteiger partial charge < -0.3 is 11.1 Å². The van der Waals surface area contributed by atoms with Gasteiger partial charge >= 0.3 is 0 Å². The number of hydrogen-bond acceptors (Lipinski definition) is 2. The van der Waals surface area contributed by atoms with E-state index in [-0.39, 0.29) is 29.5 Å². The van der Waals surface area contributed by atoms with Gasteiger partial charge in [-0.3, -0.25) is 9.89 Å². The zero-order valence-corrected chi connectivity index (χ0v) is 16.5. The van der Waals surface area contributed by atoms with Crippen molar-refractivity contribution in [1.29, 1.82) is 0 Å². The predicted molar refractivity (Wildman–Crippen MR) is 104 cm³/mol. The second-order valence-electron chi connectivity index (χ2n) is 6.55. The van der Waals surface area contributed by atoms with E-state index in [1.165, 1.54) is 58.0 Å². The summed E-state index contributed by atoms with van der Waals surface area (Å²) < 4.78 is 0. The van der Waals surface area contributed by atoms with Crippen molar-refractivity contribution >= 4 is 29.9 Å². The number of aliphatic imine (C=N–C) groups is 1. The third-order valence-electron chi connectivity index (χ3n) is 4.18. The molecule has 0 bridgehead atoms. The van der Waals surface area contributed by atoms with Gasteiger partial charge in [0.25, 0.3) is 0 Å². The number of likely N-dealkylation sites (tertiary alicyclic amines) is 1. The number of rotatable bonds is 8. The summed E-state index contributed by atoms with van der Waals surface area (Å²) in [5.74, 6) is 0.603. The van der Waals surface area contributed by atoms with Crippen LogP contribution < -0.4 is 11.1 Å². The topological polar surface area (TPSA) is 53.6 Å². The predicted octanol–water partition coefficient (Wildman–Crippen LogP) is 3.35. The van der Waals surface area contributed by atoms with E-state index in [2.05, 4.69) is 36.0 Å². The molecule has 1 aliphatic rings. The largest absolute Gasteiger partial charge is 0.370 e. The lowest BCUT2D eigenvalue weighted by atomic mass is 9.99. The lowest BCUT2D eigenvalue weighted by molar-refractivity contribution is 0.102. The number of guanidine groups is 1. The maximum atomic E-state index is 5.95. The van der Waals surface area contributed by atoms with Crippen LogP contribution in [0.15, 0.2) is 4.99 Å². The van der Waals surface area contributed by atoms with Gasteiger partial charge in [0.1, 0.15) is 0 Å². The molecule has 126 valence electrons. The van der Waals surface area contributed by atoms with E-state index >= 15 is 0 Å². The van der Waals surface area contributed by atoms with Crippen molar-refractivity contribution in [2.24, 2.45) is 10.7 Å². The maximum Gasteiger partial charge on any atom is 0.188 e. The highest BCUT2D eigenvalue weighted by Gasteiger charge is 2.27. The van der Waals surface area contributed by atoms with Crippen molar-refractivity contribution in [2.75, 3.05) is 26.2 Å². The molecule has 1 rings (SSSR count). The second kappa shape index (κ2) is 11.5. The molecular formula is C16H35IN4. The molecule has 5 heteroatoms. The fraction of sp³-hybridized carbons (Fsp3) is 0.938. The number of nitrogens with zero attached hydrogens (tertiary/aromatic N) is 2. The molecule has 4 nitrogen and oxygen atoms in total. The van der Waals surface area contributed by atoms with Crippen LogP contribution in [0.2, 0.25) is 0 Å². The molecule has 0 spiro atoms. The fourth-order valence-electron chi connectivity index (χ4n) is 2.70. The number of unbranched alkanes of at least 4 members (excludes halogenated alkanes) is 3. The summed E-state index contributed by atoms with van der Waals surface area (Å²) in [5.41, 5.74) is 6.07. The quantitative estimate of drug-likeness (QED) is 0.279. The maximum absolute atomic E-state index is 5.95. The van der Waals surface area contributed by atoms with Gasteiger partial charge in [-0.25, -0.2) is 0 Å². The van der Waals surface area contributed by atoms with Crippen molar-refractivity contribution in [3.63, 3.8) is 0 Å². The van der Waals surface area contributed by atoms with Gasteiger partial charge in [-0.05, 0) is 46.2 Å². The molecule has 1 heterocycles. The molecule has 0 aromatic heterocycles. The van der Waals surface area contributed by atoms with E-state index in [1.807, 2.05) is 0 Å². The molecule has 3 N–H and O–H groups in total. The Balaban J connectivity index is 0.00000400. The Labute approximate surface area is 148 Å². The molecule has 21 heavy (non-hydrogen) atoms. The van der Waals surface area contributed by atoms with Crippen LogP contribution in [-0.2, 0) is 0 Å². The highest BCUT2D eigenvalue weighted by Crippen LogP contribution is 2.20. The third-order valence-corrected chi connectivity index (χ3v) is 4.18. The number of nitrogens with one attached hydrogen (secondary N) is 1. The van der Waals surface area contributed by atoms with Crippen LogP contribution in [0.4, 0.5) is 0 Å². The molecule has 0 unspecified atom stereocenters. The Morgan fingerprint density at radius 1 is 1.14 bits per heavy atom. The van der Waals surface area contributed by atoms with Crippen molar-refractivity contribution in [1.82, 2.24) is 10.2 Å². The molecule has 0 aromatic carbocycles. The summed E-state index contributed by atoms with van der Waals surface area (Å²) >= 11 is 0. The summed E-state index contributed by atoms with van der Waals surface area (Å²) in [7, 11) is 0. The van der Waals surface area contributed by atoms with Gasteiger partial charge in [0, 0.05) is 12.1 Å².